The highest BCUT2D eigenvalue weighted by atomic mass is 79.9. The second-order valence-electron chi connectivity index (χ2n) is 3.96. The van der Waals surface area contributed by atoms with E-state index in [0.29, 0.717) is 5.56 Å². The molecule has 0 atom stereocenters. The van der Waals surface area contributed by atoms with Crippen molar-refractivity contribution < 1.29 is 9.59 Å². The lowest BCUT2D eigenvalue weighted by Crippen LogP contribution is -2.37. The Kier molecular flexibility index (Phi) is 4.69. The first-order chi connectivity index (χ1) is 7.91. The monoisotopic (exact) mass is 298 g/mol. The van der Waals surface area contributed by atoms with Crippen LogP contribution >= 0.6 is 15.9 Å². The average Bonchev–Trinajstić information content (AvgIpc) is 2.27. The summed E-state index contributed by atoms with van der Waals surface area (Å²) in [7, 11) is 4.95. The maximum atomic E-state index is 12.0. The third-order valence-corrected chi connectivity index (χ3v) is 2.78. The Morgan fingerprint density at radius 2 is 1.88 bits per heavy atom. The number of likely N-dealkylation sites (N-methyl/N-ethyl adjacent to an activating group) is 2. The second-order valence-corrected chi connectivity index (χ2v) is 4.88. The third-order valence-electron chi connectivity index (χ3n) is 2.29. The Hall–Kier alpha value is -1.36. The Bertz CT molecular complexity index is 432. The molecule has 17 heavy (non-hydrogen) atoms. The van der Waals surface area contributed by atoms with Gasteiger partial charge in [0.1, 0.15) is 0 Å². The highest BCUT2D eigenvalue weighted by Crippen LogP contribution is 2.13. The Morgan fingerprint density at radius 3 is 2.41 bits per heavy atom. The molecule has 2 amide bonds. The van der Waals surface area contributed by atoms with E-state index in [2.05, 4.69) is 15.9 Å². The van der Waals surface area contributed by atoms with Crippen molar-refractivity contribution in [3.05, 3.63) is 34.3 Å². The van der Waals surface area contributed by atoms with Gasteiger partial charge in [-0.15, -0.1) is 0 Å². The van der Waals surface area contributed by atoms with Crippen LogP contribution in [0.25, 0.3) is 0 Å². The van der Waals surface area contributed by atoms with Gasteiger partial charge >= 0.3 is 0 Å². The van der Waals surface area contributed by atoms with E-state index in [-0.39, 0.29) is 18.4 Å². The maximum absolute atomic E-state index is 12.0. The number of amides is 2. The van der Waals surface area contributed by atoms with Crippen molar-refractivity contribution in [2.24, 2.45) is 0 Å². The van der Waals surface area contributed by atoms with Crippen molar-refractivity contribution >= 4 is 27.7 Å². The Morgan fingerprint density at radius 1 is 1.24 bits per heavy atom. The van der Waals surface area contributed by atoms with Crippen LogP contribution in [0.2, 0.25) is 0 Å². The topological polar surface area (TPSA) is 40.6 Å². The Balaban J connectivity index is 2.73. The summed E-state index contributed by atoms with van der Waals surface area (Å²) >= 11 is 3.31. The fourth-order valence-electron chi connectivity index (χ4n) is 1.26. The van der Waals surface area contributed by atoms with Crippen LogP contribution in [0.5, 0.6) is 0 Å². The Labute approximate surface area is 109 Å². The number of halogens is 1. The van der Waals surface area contributed by atoms with Gasteiger partial charge in [0.05, 0.1) is 6.54 Å². The lowest BCUT2D eigenvalue weighted by Gasteiger charge is -2.19. The lowest BCUT2D eigenvalue weighted by atomic mass is 10.2. The zero-order chi connectivity index (χ0) is 13.0. The molecule has 0 aromatic heterocycles. The molecule has 0 bridgehead atoms. The molecular formula is C12H15BrN2O2. The zero-order valence-electron chi connectivity index (χ0n) is 10.1. The van der Waals surface area contributed by atoms with Crippen molar-refractivity contribution in [3.63, 3.8) is 0 Å². The lowest BCUT2D eigenvalue weighted by molar-refractivity contribution is -0.129. The molecule has 0 aliphatic heterocycles. The van der Waals surface area contributed by atoms with Gasteiger partial charge in [-0.25, -0.2) is 0 Å². The summed E-state index contributed by atoms with van der Waals surface area (Å²) in [5.41, 5.74) is 0.563. The van der Waals surface area contributed by atoms with E-state index in [0.717, 1.165) is 4.47 Å². The molecule has 0 N–H and O–H groups in total. The summed E-state index contributed by atoms with van der Waals surface area (Å²) in [6, 6.07) is 7.10. The normalized spacial score (nSPS) is 9.88. The predicted molar refractivity (Wildman–Crippen MR) is 69.8 cm³/mol. The predicted octanol–water partition coefficient (Wildman–Crippen LogP) is 1.61. The first-order valence-corrected chi connectivity index (χ1v) is 5.92. The van der Waals surface area contributed by atoms with E-state index in [9.17, 15) is 9.59 Å². The van der Waals surface area contributed by atoms with Crippen molar-refractivity contribution in [2.75, 3.05) is 27.7 Å². The van der Waals surface area contributed by atoms with Crippen molar-refractivity contribution in [1.82, 2.24) is 9.80 Å². The van der Waals surface area contributed by atoms with Crippen molar-refractivity contribution in [3.8, 4) is 0 Å². The van der Waals surface area contributed by atoms with Gasteiger partial charge in [-0.2, -0.15) is 0 Å². The van der Waals surface area contributed by atoms with E-state index in [4.69, 9.17) is 0 Å². The van der Waals surface area contributed by atoms with Crippen LogP contribution in [0.4, 0.5) is 0 Å². The molecule has 1 rings (SSSR count). The first-order valence-electron chi connectivity index (χ1n) is 5.13. The van der Waals surface area contributed by atoms with E-state index in [1.807, 2.05) is 6.07 Å². The molecule has 0 aliphatic rings. The molecule has 0 radical (unpaired) electrons. The first kappa shape index (κ1) is 13.7. The summed E-state index contributed by atoms with van der Waals surface area (Å²) in [5, 5.41) is 0. The largest absolute Gasteiger partial charge is 0.347 e. The van der Waals surface area contributed by atoms with Gasteiger partial charge in [0.15, 0.2) is 0 Å². The van der Waals surface area contributed by atoms with E-state index >= 15 is 0 Å². The minimum absolute atomic E-state index is 0.0817. The van der Waals surface area contributed by atoms with Crippen LogP contribution in [0.1, 0.15) is 10.4 Å². The number of rotatable bonds is 3. The highest BCUT2D eigenvalue weighted by molar-refractivity contribution is 9.10. The summed E-state index contributed by atoms with van der Waals surface area (Å²) in [5.74, 6) is -0.266. The fraction of sp³-hybridized carbons (Fsp3) is 0.333. The molecule has 0 unspecified atom stereocenters. The van der Waals surface area contributed by atoms with Crippen LogP contribution in [0.3, 0.4) is 0 Å². The molecule has 1 aromatic rings. The van der Waals surface area contributed by atoms with Gasteiger partial charge in [0.2, 0.25) is 5.91 Å². The number of hydrogen-bond acceptors (Lipinski definition) is 2. The molecule has 0 saturated carbocycles. The van der Waals surface area contributed by atoms with E-state index in [1.54, 1.807) is 39.3 Å². The minimum atomic E-state index is -0.165. The summed E-state index contributed by atoms with van der Waals surface area (Å²) in [6.07, 6.45) is 0. The quantitative estimate of drug-likeness (QED) is 0.851. The summed E-state index contributed by atoms with van der Waals surface area (Å²) < 4.78 is 0.843. The van der Waals surface area contributed by atoms with Gasteiger partial charge in [-0.3, -0.25) is 9.59 Å². The standard InChI is InChI=1S/C12H15BrN2O2/c1-14(2)11(16)8-15(3)12(17)9-5-4-6-10(13)7-9/h4-7H,8H2,1-3H3. The number of carbonyl (C=O) groups is 2. The highest BCUT2D eigenvalue weighted by Gasteiger charge is 2.15. The van der Waals surface area contributed by atoms with Crippen LogP contribution in [-0.4, -0.2) is 49.3 Å². The van der Waals surface area contributed by atoms with Gasteiger partial charge in [0, 0.05) is 31.2 Å². The maximum Gasteiger partial charge on any atom is 0.254 e. The van der Waals surface area contributed by atoms with Gasteiger partial charge in [-0.1, -0.05) is 22.0 Å². The van der Waals surface area contributed by atoms with E-state index in [1.165, 1.54) is 9.80 Å². The zero-order valence-corrected chi connectivity index (χ0v) is 11.7. The molecule has 0 fully saturated rings. The van der Waals surface area contributed by atoms with Gasteiger partial charge in [-0.05, 0) is 18.2 Å². The molecule has 4 nitrogen and oxygen atoms in total. The van der Waals surface area contributed by atoms with Gasteiger partial charge in [0.25, 0.3) is 5.91 Å². The van der Waals surface area contributed by atoms with Crippen molar-refractivity contribution in [1.29, 1.82) is 0 Å². The van der Waals surface area contributed by atoms with Crippen LogP contribution in [0.15, 0.2) is 28.7 Å². The van der Waals surface area contributed by atoms with Crippen LogP contribution in [0, 0.1) is 0 Å². The molecule has 5 heteroatoms. The third kappa shape index (κ3) is 3.85. The number of benzene rings is 1. The molecule has 0 aliphatic carbocycles. The SMILES string of the molecule is CN(C)C(=O)CN(C)C(=O)c1cccc(Br)c1. The van der Waals surface area contributed by atoms with E-state index < -0.39 is 0 Å². The molecule has 0 saturated heterocycles. The molecule has 0 heterocycles. The van der Waals surface area contributed by atoms with Gasteiger partial charge < -0.3 is 9.80 Å². The van der Waals surface area contributed by atoms with Crippen LogP contribution < -0.4 is 0 Å². The smallest absolute Gasteiger partial charge is 0.254 e. The number of carbonyl (C=O) groups excluding carboxylic acids is 2. The summed E-state index contributed by atoms with van der Waals surface area (Å²) in [4.78, 5) is 26.3. The molecule has 0 spiro atoms. The molecule has 1 aromatic carbocycles. The van der Waals surface area contributed by atoms with Crippen molar-refractivity contribution in [2.45, 2.75) is 0 Å². The average molecular weight is 299 g/mol. The fourth-order valence-corrected chi connectivity index (χ4v) is 1.66. The molecule has 92 valence electrons. The number of hydrogen-bond donors (Lipinski definition) is 0. The molecular weight excluding hydrogens is 284 g/mol. The minimum Gasteiger partial charge on any atom is -0.347 e. The summed E-state index contributed by atoms with van der Waals surface area (Å²) in [6.45, 7) is 0.0817. The van der Waals surface area contributed by atoms with Crippen LogP contribution in [-0.2, 0) is 4.79 Å². The second kappa shape index (κ2) is 5.82. The number of nitrogens with zero attached hydrogens (tertiary/aromatic N) is 2.